The van der Waals surface area contributed by atoms with Crippen molar-refractivity contribution >= 4 is 21.6 Å². The van der Waals surface area contributed by atoms with Crippen LogP contribution >= 0.6 is 21.6 Å². The van der Waals surface area contributed by atoms with E-state index in [2.05, 4.69) is 20.8 Å². The van der Waals surface area contributed by atoms with Crippen molar-refractivity contribution in [3.63, 3.8) is 0 Å². The first-order valence-electron chi connectivity index (χ1n) is 3.51. The summed E-state index contributed by atoms with van der Waals surface area (Å²) in [6.45, 7) is 6.75. The Balaban J connectivity index is 2.75. The molecule has 0 atom stereocenters. The molecule has 0 rings (SSSR count). The zero-order chi connectivity index (χ0) is 7.11. The zero-order valence-electron chi connectivity index (χ0n) is 6.52. The van der Waals surface area contributed by atoms with Crippen molar-refractivity contribution in [2.24, 2.45) is 5.92 Å². The highest BCUT2D eigenvalue weighted by atomic mass is 33.1. The molecule has 0 aliphatic heterocycles. The van der Waals surface area contributed by atoms with Crippen LogP contribution in [0.25, 0.3) is 0 Å². The second kappa shape index (κ2) is 6.81. The molecule has 0 fully saturated rings. The van der Waals surface area contributed by atoms with E-state index in [4.69, 9.17) is 0 Å². The maximum atomic E-state index is 2.26. The first-order chi connectivity index (χ1) is 4.27. The fourth-order valence-corrected chi connectivity index (χ4v) is 2.94. The normalized spacial score (nSPS) is 10.7. The highest BCUT2D eigenvalue weighted by molar-refractivity contribution is 8.76. The van der Waals surface area contributed by atoms with Crippen LogP contribution in [-0.4, -0.2) is 11.5 Å². The van der Waals surface area contributed by atoms with Crippen molar-refractivity contribution < 1.29 is 0 Å². The van der Waals surface area contributed by atoms with E-state index in [9.17, 15) is 0 Å². The van der Waals surface area contributed by atoms with Crippen LogP contribution in [0.3, 0.4) is 0 Å². The average molecular weight is 164 g/mol. The Morgan fingerprint density at radius 1 is 1.22 bits per heavy atom. The predicted molar refractivity (Wildman–Crippen MR) is 50.0 cm³/mol. The third-order valence-electron chi connectivity index (χ3n) is 0.772. The van der Waals surface area contributed by atoms with Gasteiger partial charge in [-0.15, -0.1) is 0 Å². The van der Waals surface area contributed by atoms with Gasteiger partial charge in [0, 0.05) is 11.5 Å². The molecule has 0 aliphatic rings. The predicted octanol–water partition coefficient (Wildman–Crippen LogP) is 3.43. The number of hydrogen-bond donors (Lipinski definition) is 0. The lowest BCUT2D eigenvalue weighted by Gasteiger charge is -2.01. The molecular formula is C7H16S2. The second-order valence-corrected chi connectivity index (χ2v) is 5.13. The van der Waals surface area contributed by atoms with Gasteiger partial charge in [0.05, 0.1) is 0 Å². The minimum Gasteiger partial charge on any atom is -0.0942 e. The average Bonchev–Trinajstić information content (AvgIpc) is 1.80. The SMILES string of the molecule is CCCSSCC(C)C. The molecule has 0 saturated carbocycles. The maximum Gasteiger partial charge on any atom is 0.00600 e. The molecule has 0 N–H and O–H groups in total. The topological polar surface area (TPSA) is 0 Å². The van der Waals surface area contributed by atoms with Crippen molar-refractivity contribution in [3.05, 3.63) is 0 Å². The quantitative estimate of drug-likeness (QED) is 0.451. The van der Waals surface area contributed by atoms with Gasteiger partial charge < -0.3 is 0 Å². The third-order valence-corrected chi connectivity index (χ3v) is 3.72. The molecule has 0 radical (unpaired) electrons. The molecule has 0 aromatic heterocycles. The van der Waals surface area contributed by atoms with Gasteiger partial charge in [-0.05, 0) is 12.3 Å². The Morgan fingerprint density at radius 3 is 2.33 bits per heavy atom. The molecule has 0 heterocycles. The van der Waals surface area contributed by atoms with Gasteiger partial charge in [0.1, 0.15) is 0 Å². The molecule has 2 heteroatoms. The Kier molecular flexibility index (Phi) is 7.34. The summed E-state index contributed by atoms with van der Waals surface area (Å²) in [5, 5.41) is 0. The van der Waals surface area contributed by atoms with Crippen LogP contribution in [0.5, 0.6) is 0 Å². The Labute approximate surface area is 66.6 Å². The smallest absolute Gasteiger partial charge is 0.00600 e. The fourth-order valence-electron chi connectivity index (χ4n) is 0.326. The van der Waals surface area contributed by atoms with E-state index in [-0.39, 0.29) is 0 Å². The minimum absolute atomic E-state index is 0.847. The Bertz CT molecular complexity index is 52.9. The van der Waals surface area contributed by atoms with Crippen molar-refractivity contribution in [1.29, 1.82) is 0 Å². The third kappa shape index (κ3) is 8.70. The van der Waals surface area contributed by atoms with Crippen molar-refractivity contribution in [2.75, 3.05) is 11.5 Å². The first-order valence-corrected chi connectivity index (χ1v) is 6.00. The van der Waals surface area contributed by atoms with E-state index in [1.54, 1.807) is 0 Å². The second-order valence-electron chi connectivity index (χ2n) is 2.50. The Hall–Kier alpha value is 0.700. The summed E-state index contributed by atoms with van der Waals surface area (Å²) in [4.78, 5) is 0. The molecule has 0 saturated heterocycles. The largest absolute Gasteiger partial charge is 0.0942 e. The molecule has 0 spiro atoms. The summed E-state index contributed by atoms with van der Waals surface area (Å²) < 4.78 is 0. The van der Waals surface area contributed by atoms with Gasteiger partial charge in [-0.2, -0.15) is 0 Å². The van der Waals surface area contributed by atoms with E-state index in [0.717, 1.165) is 5.92 Å². The van der Waals surface area contributed by atoms with Crippen LogP contribution in [0.1, 0.15) is 27.2 Å². The van der Waals surface area contributed by atoms with Gasteiger partial charge in [0.25, 0.3) is 0 Å². The molecule has 0 amide bonds. The van der Waals surface area contributed by atoms with E-state index < -0.39 is 0 Å². The first kappa shape index (κ1) is 9.70. The fraction of sp³-hybridized carbons (Fsp3) is 1.00. The molecule has 0 aromatic rings. The molecule has 0 bridgehead atoms. The lowest BCUT2D eigenvalue weighted by Crippen LogP contribution is -1.87. The van der Waals surface area contributed by atoms with E-state index in [1.807, 2.05) is 21.6 Å². The van der Waals surface area contributed by atoms with Crippen LogP contribution in [-0.2, 0) is 0 Å². The van der Waals surface area contributed by atoms with E-state index >= 15 is 0 Å². The van der Waals surface area contributed by atoms with Crippen molar-refractivity contribution in [1.82, 2.24) is 0 Å². The molecular weight excluding hydrogens is 148 g/mol. The standard InChI is InChI=1S/C7H16S2/c1-4-5-8-9-6-7(2)3/h7H,4-6H2,1-3H3. The Morgan fingerprint density at radius 2 is 1.89 bits per heavy atom. The lowest BCUT2D eigenvalue weighted by molar-refractivity contribution is 0.752. The summed E-state index contributed by atoms with van der Waals surface area (Å²) in [6, 6.07) is 0. The summed E-state index contributed by atoms with van der Waals surface area (Å²) in [7, 11) is 4.00. The minimum atomic E-state index is 0.847. The zero-order valence-corrected chi connectivity index (χ0v) is 8.15. The van der Waals surface area contributed by atoms with Gasteiger partial charge in [0.15, 0.2) is 0 Å². The molecule has 0 aliphatic carbocycles. The van der Waals surface area contributed by atoms with Gasteiger partial charge in [-0.1, -0.05) is 42.4 Å². The highest BCUT2D eigenvalue weighted by Gasteiger charge is 1.92. The maximum absolute atomic E-state index is 2.26. The van der Waals surface area contributed by atoms with Crippen molar-refractivity contribution in [3.8, 4) is 0 Å². The molecule has 9 heavy (non-hydrogen) atoms. The van der Waals surface area contributed by atoms with Crippen LogP contribution in [0.15, 0.2) is 0 Å². The monoisotopic (exact) mass is 164 g/mol. The van der Waals surface area contributed by atoms with Crippen LogP contribution in [0.2, 0.25) is 0 Å². The highest BCUT2D eigenvalue weighted by Crippen LogP contribution is 2.23. The summed E-state index contributed by atoms with van der Waals surface area (Å²) in [6.07, 6.45) is 1.30. The number of rotatable bonds is 5. The van der Waals surface area contributed by atoms with Crippen molar-refractivity contribution in [2.45, 2.75) is 27.2 Å². The van der Waals surface area contributed by atoms with Gasteiger partial charge in [0.2, 0.25) is 0 Å². The summed E-state index contributed by atoms with van der Waals surface area (Å²) in [5.41, 5.74) is 0. The van der Waals surface area contributed by atoms with Gasteiger partial charge >= 0.3 is 0 Å². The van der Waals surface area contributed by atoms with Gasteiger partial charge in [-0.25, -0.2) is 0 Å². The van der Waals surface area contributed by atoms with E-state index in [0.29, 0.717) is 0 Å². The summed E-state index contributed by atoms with van der Waals surface area (Å²) >= 11 is 0. The van der Waals surface area contributed by atoms with E-state index in [1.165, 1.54) is 17.9 Å². The summed E-state index contributed by atoms with van der Waals surface area (Å²) in [5.74, 6) is 3.45. The van der Waals surface area contributed by atoms with Crippen LogP contribution < -0.4 is 0 Å². The van der Waals surface area contributed by atoms with Crippen LogP contribution in [0, 0.1) is 5.92 Å². The van der Waals surface area contributed by atoms with Crippen LogP contribution in [0.4, 0.5) is 0 Å². The number of hydrogen-bond acceptors (Lipinski definition) is 2. The molecule has 56 valence electrons. The molecule has 0 aromatic carbocycles. The van der Waals surface area contributed by atoms with Gasteiger partial charge in [-0.3, -0.25) is 0 Å². The molecule has 0 nitrogen and oxygen atoms in total. The molecule has 0 unspecified atom stereocenters. The lowest BCUT2D eigenvalue weighted by atomic mass is 10.3.